The fourth-order valence-corrected chi connectivity index (χ4v) is 1.43. The highest BCUT2D eigenvalue weighted by molar-refractivity contribution is 9.10. The summed E-state index contributed by atoms with van der Waals surface area (Å²) in [6, 6.07) is 2.02. The van der Waals surface area contributed by atoms with E-state index < -0.39 is 11.6 Å². The van der Waals surface area contributed by atoms with Crippen LogP contribution in [0, 0.1) is 11.6 Å². The summed E-state index contributed by atoms with van der Waals surface area (Å²) in [6.07, 6.45) is 1.33. The molecule has 0 saturated carbocycles. The van der Waals surface area contributed by atoms with E-state index in [4.69, 9.17) is 0 Å². The van der Waals surface area contributed by atoms with Gasteiger partial charge in [-0.1, -0.05) is 0 Å². The molecule has 0 unspecified atom stereocenters. The van der Waals surface area contributed by atoms with Crippen molar-refractivity contribution in [3.63, 3.8) is 0 Å². The van der Waals surface area contributed by atoms with E-state index in [0.29, 0.717) is 12.0 Å². The molecule has 0 spiro atoms. The van der Waals surface area contributed by atoms with Crippen molar-refractivity contribution < 1.29 is 13.6 Å². The van der Waals surface area contributed by atoms with E-state index in [1.165, 1.54) is 6.07 Å². The lowest BCUT2D eigenvalue weighted by atomic mass is 10.1. The lowest BCUT2D eigenvalue weighted by Crippen LogP contribution is -1.93. The zero-order valence-corrected chi connectivity index (χ0v) is 8.27. The van der Waals surface area contributed by atoms with Gasteiger partial charge in [0.2, 0.25) is 0 Å². The van der Waals surface area contributed by atoms with Crippen LogP contribution in [-0.4, -0.2) is 6.29 Å². The number of carbonyl (C=O) groups excluding carboxylic acids is 1. The smallest absolute Gasteiger partial charge is 0.140 e. The average molecular weight is 249 g/mol. The first kappa shape index (κ1) is 10.3. The molecule has 0 aliphatic rings. The molecule has 0 saturated heterocycles. The van der Waals surface area contributed by atoms with Gasteiger partial charge in [0.15, 0.2) is 0 Å². The number of hydrogen-bond acceptors (Lipinski definition) is 1. The number of rotatable bonds is 3. The van der Waals surface area contributed by atoms with Crippen molar-refractivity contribution in [3.05, 3.63) is 33.8 Å². The fraction of sp³-hybridized carbons (Fsp3) is 0.222. The lowest BCUT2D eigenvalue weighted by molar-refractivity contribution is -0.107. The number of carbonyl (C=O) groups is 1. The largest absolute Gasteiger partial charge is 0.303 e. The Morgan fingerprint density at radius 2 is 2.08 bits per heavy atom. The third-order valence-electron chi connectivity index (χ3n) is 1.60. The molecule has 1 aromatic rings. The zero-order chi connectivity index (χ0) is 9.84. The lowest BCUT2D eigenvalue weighted by Gasteiger charge is -2.03. The van der Waals surface area contributed by atoms with Crippen molar-refractivity contribution in [3.8, 4) is 0 Å². The minimum atomic E-state index is -0.638. The summed E-state index contributed by atoms with van der Waals surface area (Å²) >= 11 is 2.99. The molecule has 4 heteroatoms. The molecule has 0 radical (unpaired) electrons. The van der Waals surface area contributed by atoms with Gasteiger partial charge in [0.05, 0.1) is 4.47 Å². The molecule has 0 fully saturated rings. The van der Waals surface area contributed by atoms with Gasteiger partial charge in [-0.3, -0.25) is 0 Å². The van der Waals surface area contributed by atoms with Crippen LogP contribution in [0.4, 0.5) is 8.78 Å². The second-order valence-corrected chi connectivity index (χ2v) is 3.36. The molecule has 1 aromatic carbocycles. The van der Waals surface area contributed by atoms with Gasteiger partial charge in [-0.25, -0.2) is 8.78 Å². The second-order valence-electron chi connectivity index (χ2n) is 2.57. The van der Waals surface area contributed by atoms with Gasteiger partial charge in [0, 0.05) is 12.5 Å². The SMILES string of the molecule is O=CCCc1cc(F)cc(F)c1Br. The minimum Gasteiger partial charge on any atom is -0.303 e. The molecule has 0 aliphatic carbocycles. The fourth-order valence-electron chi connectivity index (χ4n) is 1.01. The van der Waals surface area contributed by atoms with Crippen LogP contribution in [0.5, 0.6) is 0 Å². The molecular formula is C9H7BrF2O. The zero-order valence-electron chi connectivity index (χ0n) is 6.69. The molecule has 0 N–H and O–H groups in total. The quantitative estimate of drug-likeness (QED) is 0.594. The molecule has 0 atom stereocenters. The summed E-state index contributed by atoms with van der Waals surface area (Å²) in [7, 11) is 0. The minimum absolute atomic E-state index is 0.232. The monoisotopic (exact) mass is 248 g/mol. The molecule has 0 heterocycles. The maximum absolute atomic E-state index is 12.9. The predicted molar refractivity (Wildman–Crippen MR) is 48.4 cm³/mol. The highest BCUT2D eigenvalue weighted by Gasteiger charge is 2.07. The van der Waals surface area contributed by atoms with Crippen molar-refractivity contribution in [2.45, 2.75) is 12.8 Å². The van der Waals surface area contributed by atoms with Crippen molar-refractivity contribution in [2.24, 2.45) is 0 Å². The molecule has 0 aliphatic heterocycles. The first-order valence-corrected chi connectivity index (χ1v) is 4.51. The van der Waals surface area contributed by atoms with E-state index in [1.54, 1.807) is 0 Å². The highest BCUT2D eigenvalue weighted by Crippen LogP contribution is 2.22. The molecule has 0 amide bonds. The maximum Gasteiger partial charge on any atom is 0.140 e. The molecule has 1 nitrogen and oxygen atoms in total. The van der Waals surface area contributed by atoms with Gasteiger partial charge in [-0.05, 0) is 34.0 Å². The van der Waals surface area contributed by atoms with Gasteiger partial charge in [-0.2, -0.15) is 0 Å². The summed E-state index contributed by atoms with van der Waals surface area (Å²) in [6.45, 7) is 0. The second kappa shape index (κ2) is 4.46. The number of aryl methyl sites for hydroxylation is 1. The summed E-state index contributed by atoms with van der Waals surface area (Å²) in [4.78, 5) is 10.1. The summed E-state index contributed by atoms with van der Waals surface area (Å²) in [5.74, 6) is -1.26. The van der Waals surface area contributed by atoms with Gasteiger partial charge in [0.25, 0.3) is 0 Å². The Morgan fingerprint density at radius 1 is 1.38 bits per heavy atom. The molecule has 0 aromatic heterocycles. The number of benzene rings is 1. The Labute approximate surface area is 82.9 Å². The Balaban J connectivity index is 2.98. The summed E-state index contributed by atoms with van der Waals surface area (Å²) in [5.41, 5.74) is 0.476. The van der Waals surface area contributed by atoms with Gasteiger partial charge in [-0.15, -0.1) is 0 Å². The first-order chi connectivity index (χ1) is 6.15. The highest BCUT2D eigenvalue weighted by atomic mass is 79.9. The molecule has 13 heavy (non-hydrogen) atoms. The van der Waals surface area contributed by atoms with E-state index in [0.717, 1.165) is 12.4 Å². The third-order valence-corrected chi connectivity index (χ3v) is 2.49. The number of aldehydes is 1. The normalized spacial score (nSPS) is 10.1. The van der Waals surface area contributed by atoms with E-state index in [-0.39, 0.29) is 10.9 Å². The van der Waals surface area contributed by atoms with Crippen LogP contribution in [0.25, 0.3) is 0 Å². The van der Waals surface area contributed by atoms with E-state index in [9.17, 15) is 13.6 Å². The predicted octanol–water partition coefficient (Wildman–Crippen LogP) is 2.86. The van der Waals surface area contributed by atoms with Crippen LogP contribution in [0.15, 0.2) is 16.6 Å². The van der Waals surface area contributed by atoms with Crippen LogP contribution in [0.3, 0.4) is 0 Å². The van der Waals surface area contributed by atoms with Gasteiger partial charge in [0.1, 0.15) is 17.9 Å². The number of halogens is 3. The molecular weight excluding hydrogens is 242 g/mol. The van der Waals surface area contributed by atoms with Gasteiger partial charge < -0.3 is 4.79 Å². The Morgan fingerprint density at radius 3 is 2.69 bits per heavy atom. The number of hydrogen-bond donors (Lipinski definition) is 0. The van der Waals surface area contributed by atoms with E-state index in [1.807, 2.05) is 0 Å². The van der Waals surface area contributed by atoms with E-state index >= 15 is 0 Å². The molecule has 70 valence electrons. The van der Waals surface area contributed by atoms with Crippen molar-refractivity contribution in [1.82, 2.24) is 0 Å². The molecule has 1 rings (SSSR count). The van der Waals surface area contributed by atoms with Crippen LogP contribution < -0.4 is 0 Å². The Kier molecular flexibility index (Phi) is 3.54. The van der Waals surface area contributed by atoms with Crippen LogP contribution in [0.2, 0.25) is 0 Å². The van der Waals surface area contributed by atoms with Gasteiger partial charge >= 0.3 is 0 Å². The van der Waals surface area contributed by atoms with Crippen molar-refractivity contribution in [1.29, 1.82) is 0 Å². The standard InChI is InChI=1S/C9H7BrF2O/c10-9-6(2-1-3-13)4-7(11)5-8(9)12/h3-5H,1-2H2. The summed E-state index contributed by atoms with van der Waals surface area (Å²) in [5, 5.41) is 0. The van der Waals surface area contributed by atoms with Crippen LogP contribution >= 0.6 is 15.9 Å². The van der Waals surface area contributed by atoms with Crippen LogP contribution in [0.1, 0.15) is 12.0 Å². The topological polar surface area (TPSA) is 17.1 Å². The Hall–Kier alpha value is -0.770. The van der Waals surface area contributed by atoms with Crippen molar-refractivity contribution >= 4 is 22.2 Å². The van der Waals surface area contributed by atoms with Crippen molar-refractivity contribution in [2.75, 3.05) is 0 Å². The maximum atomic E-state index is 12.9. The summed E-state index contributed by atoms with van der Waals surface area (Å²) < 4.78 is 25.8. The molecule has 0 bridgehead atoms. The third kappa shape index (κ3) is 2.59. The average Bonchev–Trinajstić information content (AvgIpc) is 2.09. The first-order valence-electron chi connectivity index (χ1n) is 3.72. The van der Waals surface area contributed by atoms with E-state index in [2.05, 4.69) is 15.9 Å². The van der Waals surface area contributed by atoms with Crippen LogP contribution in [-0.2, 0) is 11.2 Å². The Bertz CT molecular complexity index is 326.